The third kappa shape index (κ3) is 8.12. The molecule has 0 spiro atoms. The Labute approximate surface area is 273 Å². The number of hydrogen-bond acceptors (Lipinski definition) is 4. The molecule has 0 aliphatic heterocycles. The number of anilines is 1. The van der Waals surface area contributed by atoms with Crippen LogP contribution in [0.25, 0.3) is 0 Å². The molecule has 0 saturated heterocycles. The lowest BCUT2D eigenvalue weighted by Gasteiger charge is -2.34. The van der Waals surface area contributed by atoms with Gasteiger partial charge in [-0.3, -0.25) is 13.9 Å². The van der Waals surface area contributed by atoms with Gasteiger partial charge in [0.2, 0.25) is 11.8 Å². The topological polar surface area (TPSA) is 86.8 Å². The Morgan fingerprint density at radius 1 is 0.841 bits per heavy atom. The average Bonchev–Trinajstić information content (AvgIpc) is 3.01. The second-order valence-corrected chi connectivity index (χ2v) is 13.2. The van der Waals surface area contributed by atoms with E-state index in [2.05, 4.69) is 5.32 Å². The fraction of sp³-hybridized carbons (Fsp3) is 0.212. The highest BCUT2D eigenvalue weighted by Crippen LogP contribution is 2.29. The van der Waals surface area contributed by atoms with Crippen molar-refractivity contribution in [2.24, 2.45) is 0 Å². The number of likely N-dealkylation sites (N-methyl/N-ethyl adjacent to an activating group) is 1. The zero-order valence-electron chi connectivity index (χ0n) is 24.2. The van der Waals surface area contributed by atoms with Crippen LogP contribution in [-0.2, 0) is 32.6 Å². The maximum Gasteiger partial charge on any atom is 0.264 e. The first-order valence-electron chi connectivity index (χ1n) is 13.9. The van der Waals surface area contributed by atoms with Gasteiger partial charge in [0.25, 0.3) is 10.0 Å². The predicted molar refractivity (Wildman–Crippen MR) is 177 cm³/mol. The summed E-state index contributed by atoms with van der Waals surface area (Å²) in [4.78, 5) is 29.4. The molecule has 0 fully saturated rings. The van der Waals surface area contributed by atoms with Crippen LogP contribution in [0.15, 0.2) is 102 Å². The molecule has 4 aromatic rings. The lowest BCUT2D eigenvalue weighted by atomic mass is 10.0. The first-order chi connectivity index (χ1) is 21.0. The van der Waals surface area contributed by atoms with E-state index in [-0.39, 0.29) is 29.5 Å². The van der Waals surface area contributed by atoms with Crippen LogP contribution < -0.4 is 9.62 Å². The molecule has 1 N–H and O–H groups in total. The quantitative estimate of drug-likeness (QED) is 0.177. The first-order valence-corrected chi connectivity index (χ1v) is 16.5. The molecular formula is C33H32Cl3N3O4S. The van der Waals surface area contributed by atoms with Crippen LogP contribution in [0, 0.1) is 6.92 Å². The van der Waals surface area contributed by atoms with Crippen molar-refractivity contribution >= 4 is 62.3 Å². The number of sulfonamides is 1. The average molecular weight is 673 g/mol. The Morgan fingerprint density at radius 2 is 1.50 bits per heavy atom. The summed E-state index contributed by atoms with van der Waals surface area (Å²) in [6.07, 6.45) is 0.186. The minimum atomic E-state index is -4.23. The Morgan fingerprint density at radius 3 is 2.11 bits per heavy atom. The van der Waals surface area contributed by atoms with E-state index in [9.17, 15) is 18.0 Å². The van der Waals surface area contributed by atoms with Crippen molar-refractivity contribution in [3.05, 3.63) is 129 Å². The van der Waals surface area contributed by atoms with Gasteiger partial charge in [0.15, 0.2) is 0 Å². The molecule has 1 atom stereocenters. The number of nitrogens with zero attached hydrogens (tertiary/aromatic N) is 2. The minimum absolute atomic E-state index is 0.00125. The van der Waals surface area contributed by atoms with Crippen molar-refractivity contribution in [2.75, 3.05) is 17.4 Å². The van der Waals surface area contributed by atoms with Crippen molar-refractivity contribution in [1.29, 1.82) is 0 Å². The molecule has 230 valence electrons. The largest absolute Gasteiger partial charge is 0.355 e. The Hall–Kier alpha value is -3.56. The van der Waals surface area contributed by atoms with Crippen LogP contribution in [0.3, 0.4) is 0 Å². The van der Waals surface area contributed by atoms with E-state index in [1.54, 1.807) is 62.4 Å². The molecule has 0 heterocycles. The van der Waals surface area contributed by atoms with E-state index in [1.807, 2.05) is 30.3 Å². The van der Waals surface area contributed by atoms with Gasteiger partial charge in [0.05, 0.1) is 10.6 Å². The molecular weight excluding hydrogens is 641 g/mol. The van der Waals surface area contributed by atoms with E-state index < -0.39 is 28.5 Å². The fourth-order valence-corrected chi connectivity index (χ4v) is 6.73. The molecule has 2 amide bonds. The third-order valence-corrected chi connectivity index (χ3v) is 9.81. The van der Waals surface area contributed by atoms with Gasteiger partial charge >= 0.3 is 0 Å². The normalized spacial score (nSPS) is 11.9. The summed E-state index contributed by atoms with van der Waals surface area (Å²) in [5.74, 6) is -0.995. The number of amides is 2. The maximum atomic E-state index is 14.4. The molecule has 4 rings (SSSR count). The second kappa shape index (κ2) is 14.9. The molecule has 7 nitrogen and oxygen atoms in total. The van der Waals surface area contributed by atoms with Crippen LogP contribution in [0.5, 0.6) is 0 Å². The van der Waals surface area contributed by atoms with Gasteiger partial charge in [0, 0.05) is 34.6 Å². The van der Waals surface area contributed by atoms with Gasteiger partial charge < -0.3 is 10.2 Å². The monoisotopic (exact) mass is 671 g/mol. The lowest BCUT2D eigenvalue weighted by molar-refractivity contribution is -0.140. The highest BCUT2D eigenvalue weighted by Gasteiger charge is 2.35. The van der Waals surface area contributed by atoms with Crippen molar-refractivity contribution in [1.82, 2.24) is 10.2 Å². The van der Waals surface area contributed by atoms with E-state index >= 15 is 0 Å². The molecule has 0 aliphatic carbocycles. The third-order valence-electron chi connectivity index (χ3n) is 7.03. The molecule has 1 unspecified atom stereocenters. The van der Waals surface area contributed by atoms with Gasteiger partial charge in [0.1, 0.15) is 12.6 Å². The summed E-state index contributed by atoms with van der Waals surface area (Å²) >= 11 is 19.1. The summed E-state index contributed by atoms with van der Waals surface area (Å²) in [6.45, 7) is 3.24. The van der Waals surface area contributed by atoms with Crippen LogP contribution in [0.4, 0.5) is 5.69 Å². The molecule has 4 aromatic carbocycles. The van der Waals surface area contributed by atoms with Crippen molar-refractivity contribution in [3.63, 3.8) is 0 Å². The van der Waals surface area contributed by atoms with E-state index in [4.69, 9.17) is 34.8 Å². The van der Waals surface area contributed by atoms with Crippen LogP contribution in [-0.4, -0.2) is 44.3 Å². The molecule has 0 aliphatic rings. The summed E-state index contributed by atoms with van der Waals surface area (Å²) in [7, 11) is -4.23. The fourth-order valence-electron chi connectivity index (χ4n) is 4.66. The van der Waals surface area contributed by atoms with E-state index in [1.165, 1.54) is 23.1 Å². The maximum absolute atomic E-state index is 14.4. The summed E-state index contributed by atoms with van der Waals surface area (Å²) in [5, 5.41) is 3.90. The highest BCUT2D eigenvalue weighted by molar-refractivity contribution is 7.92. The zero-order chi connectivity index (χ0) is 31.9. The zero-order valence-corrected chi connectivity index (χ0v) is 27.3. The number of benzene rings is 4. The van der Waals surface area contributed by atoms with E-state index in [0.717, 1.165) is 15.4 Å². The molecule has 0 aromatic heterocycles. The summed E-state index contributed by atoms with van der Waals surface area (Å²) in [6, 6.07) is 25.8. The predicted octanol–water partition coefficient (Wildman–Crippen LogP) is 6.93. The van der Waals surface area contributed by atoms with Crippen LogP contribution in [0.2, 0.25) is 15.1 Å². The van der Waals surface area contributed by atoms with Crippen molar-refractivity contribution < 1.29 is 18.0 Å². The Balaban J connectivity index is 1.82. The second-order valence-electron chi connectivity index (χ2n) is 10.1. The molecule has 0 bridgehead atoms. The molecule has 0 saturated carbocycles. The van der Waals surface area contributed by atoms with Crippen LogP contribution in [0.1, 0.15) is 23.6 Å². The minimum Gasteiger partial charge on any atom is -0.355 e. The van der Waals surface area contributed by atoms with Gasteiger partial charge in [-0.05, 0) is 66.9 Å². The molecule has 0 radical (unpaired) electrons. The van der Waals surface area contributed by atoms with Crippen LogP contribution >= 0.6 is 34.8 Å². The van der Waals surface area contributed by atoms with Gasteiger partial charge in [-0.25, -0.2) is 8.42 Å². The lowest BCUT2D eigenvalue weighted by Crippen LogP contribution is -2.53. The Kier molecular flexibility index (Phi) is 11.3. The van der Waals surface area contributed by atoms with Gasteiger partial charge in [-0.1, -0.05) is 95.5 Å². The number of halogens is 3. The Bertz CT molecular complexity index is 1720. The molecule has 44 heavy (non-hydrogen) atoms. The number of aryl methyl sites for hydroxylation is 1. The van der Waals surface area contributed by atoms with Crippen molar-refractivity contribution in [2.45, 2.75) is 37.8 Å². The number of rotatable bonds is 12. The highest BCUT2D eigenvalue weighted by atomic mass is 35.5. The van der Waals surface area contributed by atoms with Gasteiger partial charge in [-0.2, -0.15) is 0 Å². The number of carbonyl (C=O) groups excluding carboxylic acids is 2. The number of carbonyl (C=O) groups is 2. The van der Waals surface area contributed by atoms with Crippen molar-refractivity contribution in [3.8, 4) is 0 Å². The smallest absolute Gasteiger partial charge is 0.264 e. The summed E-state index contributed by atoms with van der Waals surface area (Å²) in [5.41, 5.74) is 2.32. The number of hydrogen-bond donors (Lipinski definition) is 1. The van der Waals surface area contributed by atoms with E-state index in [0.29, 0.717) is 27.2 Å². The molecule has 11 heteroatoms. The standard InChI is InChI=1S/C33H32Cl3N3O4S/c1-3-37-33(41)31(18-24-10-6-4-7-11-24)38(21-25-15-16-26(34)19-30(25)36)32(40)22-39(27-17-14-23(2)29(35)20-27)44(42,43)28-12-8-5-9-13-28/h4-17,19-20,31H,3,18,21-22H2,1-2H3,(H,37,41). The SMILES string of the molecule is CCNC(=O)C(Cc1ccccc1)N(Cc1ccc(Cl)cc1Cl)C(=O)CN(c1ccc(C)c(Cl)c1)S(=O)(=O)c1ccccc1. The summed E-state index contributed by atoms with van der Waals surface area (Å²) < 4.78 is 29.1. The number of nitrogens with one attached hydrogen (secondary N) is 1. The van der Waals surface area contributed by atoms with Gasteiger partial charge in [-0.15, -0.1) is 0 Å². The first kappa shape index (κ1) is 33.3.